The van der Waals surface area contributed by atoms with E-state index >= 15 is 0 Å². The molecule has 1 saturated carbocycles. The standard InChI is InChI=1S/C10H16O2/c1-2-3-8-12-10-6-4-9(11)5-7-10/h1,9-11H,3-8H2. The zero-order chi connectivity index (χ0) is 8.81. The van der Waals surface area contributed by atoms with Gasteiger partial charge in [0.1, 0.15) is 0 Å². The van der Waals surface area contributed by atoms with Crippen molar-refractivity contribution in [3.8, 4) is 12.3 Å². The summed E-state index contributed by atoms with van der Waals surface area (Å²) < 4.78 is 5.52. The second-order valence-electron chi connectivity index (χ2n) is 3.26. The Balaban J connectivity index is 2.06. The molecule has 0 spiro atoms. The molecule has 0 amide bonds. The summed E-state index contributed by atoms with van der Waals surface area (Å²) in [6, 6.07) is 0. The second-order valence-corrected chi connectivity index (χ2v) is 3.26. The topological polar surface area (TPSA) is 29.5 Å². The molecule has 1 fully saturated rings. The SMILES string of the molecule is C#CCCOC1CCC(O)CC1. The summed E-state index contributed by atoms with van der Waals surface area (Å²) in [4.78, 5) is 0. The van der Waals surface area contributed by atoms with E-state index in [2.05, 4.69) is 5.92 Å². The molecule has 2 nitrogen and oxygen atoms in total. The van der Waals surface area contributed by atoms with Crippen LogP contribution in [0.25, 0.3) is 0 Å². The maximum Gasteiger partial charge on any atom is 0.0579 e. The summed E-state index contributed by atoms with van der Waals surface area (Å²) in [5.74, 6) is 2.54. The summed E-state index contributed by atoms with van der Waals surface area (Å²) in [6.45, 7) is 0.664. The summed E-state index contributed by atoms with van der Waals surface area (Å²) in [5.41, 5.74) is 0. The van der Waals surface area contributed by atoms with Gasteiger partial charge < -0.3 is 9.84 Å². The van der Waals surface area contributed by atoms with Crippen molar-refractivity contribution in [3.63, 3.8) is 0 Å². The van der Waals surface area contributed by atoms with Crippen molar-refractivity contribution < 1.29 is 9.84 Å². The van der Waals surface area contributed by atoms with Crippen LogP contribution in [0.3, 0.4) is 0 Å². The zero-order valence-electron chi connectivity index (χ0n) is 7.33. The lowest BCUT2D eigenvalue weighted by molar-refractivity contribution is -0.000679. The maximum absolute atomic E-state index is 9.21. The number of aliphatic hydroxyl groups is 1. The van der Waals surface area contributed by atoms with Crippen LogP contribution in [-0.4, -0.2) is 23.9 Å². The highest BCUT2D eigenvalue weighted by atomic mass is 16.5. The van der Waals surface area contributed by atoms with Crippen molar-refractivity contribution in [2.75, 3.05) is 6.61 Å². The molecule has 0 unspecified atom stereocenters. The van der Waals surface area contributed by atoms with Crippen LogP contribution >= 0.6 is 0 Å². The van der Waals surface area contributed by atoms with E-state index in [-0.39, 0.29) is 6.10 Å². The van der Waals surface area contributed by atoms with Crippen LogP contribution in [0.5, 0.6) is 0 Å². The van der Waals surface area contributed by atoms with Gasteiger partial charge in [0.15, 0.2) is 0 Å². The van der Waals surface area contributed by atoms with Crippen molar-refractivity contribution in [1.29, 1.82) is 0 Å². The van der Waals surface area contributed by atoms with Crippen molar-refractivity contribution in [2.24, 2.45) is 0 Å². The molecule has 68 valence electrons. The summed E-state index contributed by atoms with van der Waals surface area (Å²) in [6.07, 6.45) is 9.73. The average molecular weight is 168 g/mol. The molecular formula is C10H16O2. The lowest BCUT2D eigenvalue weighted by atomic mass is 9.95. The van der Waals surface area contributed by atoms with Gasteiger partial charge in [-0.15, -0.1) is 12.3 Å². The molecule has 0 bridgehead atoms. The van der Waals surface area contributed by atoms with E-state index < -0.39 is 0 Å². The van der Waals surface area contributed by atoms with Gasteiger partial charge in [-0.1, -0.05) is 0 Å². The smallest absolute Gasteiger partial charge is 0.0579 e. The van der Waals surface area contributed by atoms with Gasteiger partial charge >= 0.3 is 0 Å². The molecule has 0 aromatic carbocycles. The van der Waals surface area contributed by atoms with Crippen molar-refractivity contribution in [1.82, 2.24) is 0 Å². The molecule has 1 aliphatic carbocycles. The molecule has 2 heteroatoms. The first-order valence-corrected chi connectivity index (χ1v) is 4.56. The van der Waals surface area contributed by atoms with Gasteiger partial charge in [-0.2, -0.15) is 0 Å². The van der Waals surface area contributed by atoms with E-state index in [1.165, 1.54) is 0 Å². The largest absolute Gasteiger partial charge is 0.393 e. The predicted molar refractivity (Wildman–Crippen MR) is 47.7 cm³/mol. The van der Waals surface area contributed by atoms with Crippen LogP contribution < -0.4 is 0 Å². The highest BCUT2D eigenvalue weighted by molar-refractivity contribution is 4.83. The van der Waals surface area contributed by atoms with Crippen LogP contribution in [-0.2, 0) is 4.74 Å². The van der Waals surface area contributed by atoms with E-state index in [1.807, 2.05) is 0 Å². The number of rotatable bonds is 3. The fraction of sp³-hybridized carbons (Fsp3) is 0.800. The van der Waals surface area contributed by atoms with Gasteiger partial charge in [0, 0.05) is 6.42 Å². The van der Waals surface area contributed by atoms with Crippen LogP contribution in [0.15, 0.2) is 0 Å². The highest BCUT2D eigenvalue weighted by Gasteiger charge is 2.19. The van der Waals surface area contributed by atoms with E-state index in [0.717, 1.165) is 25.7 Å². The van der Waals surface area contributed by atoms with Crippen molar-refractivity contribution in [3.05, 3.63) is 0 Å². The first-order valence-electron chi connectivity index (χ1n) is 4.56. The minimum Gasteiger partial charge on any atom is -0.393 e. The number of hydrogen-bond acceptors (Lipinski definition) is 2. The molecule has 0 aliphatic heterocycles. The fourth-order valence-corrected chi connectivity index (χ4v) is 1.50. The third-order valence-corrected chi connectivity index (χ3v) is 2.24. The highest BCUT2D eigenvalue weighted by Crippen LogP contribution is 2.20. The number of aliphatic hydroxyl groups excluding tert-OH is 1. The molecule has 1 rings (SSSR count). The molecule has 0 atom stereocenters. The first-order chi connectivity index (χ1) is 5.83. The van der Waals surface area contributed by atoms with E-state index in [9.17, 15) is 5.11 Å². The molecular weight excluding hydrogens is 152 g/mol. The zero-order valence-corrected chi connectivity index (χ0v) is 7.33. The second kappa shape index (κ2) is 5.18. The van der Waals surface area contributed by atoms with E-state index in [1.54, 1.807) is 0 Å². The van der Waals surface area contributed by atoms with Crippen LogP contribution in [0.2, 0.25) is 0 Å². The summed E-state index contributed by atoms with van der Waals surface area (Å²) in [5, 5.41) is 9.21. The van der Waals surface area contributed by atoms with Gasteiger partial charge in [0.2, 0.25) is 0 Å². The first kappa shape index (κ1) is 9.57. The molecule has 1 N–H and O–H groups in total. The Morgan fingerprint density at radius 3 is 2.58 bits per heavy atom. The summed E-state index contributed by atoms with van der Waals surface area (Å²) in [7, 11) is 0. The van der Waals surface area contributed by atoms with Gasteiger partial charge in [0.25, 0.3) is 0 Å². The minimum absolute atomic E-state index is 0.0996. The van der Waals surface area contributed by atoms with E-state index in [0.29, 0.717) is 19.1 Å². The van der Waals surface area contributed by atoms with Crippen LogP contribution in [0.1, 0.15) is 32.1 Å². The Morgan fingerprint density at radius 1 is 1.33 bits per heavy atom. The Labute approximate surface area is 73.9 Å². The molecule has 0 aromatic rings. The number of terminal acetylenes is 1. The van der Waals surface area contributed by atoms with Gasteiger partial charge in [0.05, 0.1) is 18.8 Å². The summed E-state index contributed by atoms with van der Waals surface area (Å²) >= 11 is 0. The molecule has 1 aliphatic rings. The van der Waals surface area contributed by atoms with Crippen LogP contribution in [0.4, 0.5) is 0 Å². The van der Waals surface area contributed by atoms with Crippen molar-refractivity contribution >= 4 is 0 Å². The average Bonchev–Trinajstić information content (AvgIpc) is 2.09. The van der Waals surface area contributed by atoms with Gasteiger partial charge in [-0.05, 0) is 25.7 Å². The fourth-order valence-electron chi connectivity index (χ4n) is 1.50. The van der Waals surface area contributed by atoms with Gasteiger partial charge in [-0.25, -0.2) is 0 Å². The maximum atomic E-state index is 9.21. The number of ether oxygens (including phenoxy) is 1. The number of hydrogen-bond donors (Lipinski definition) is 1. The third kappa shape index (κ3) is 3.25. The third-order valence-electron chi connectivity index (χ3n) is 2.24. The Hall–Kier alpha value is -0.520. The molecule has 0 radical (unpaired) electrons. The lowest BCUT2D eigenvalue weighted by Gasteiger charge is -2.25. The molecule has 0 heterocycles. The molecule has 12 heavy (non-hydrogen) atoms. The lowest BCUT2D eigenvalue weighted by Crippen LogP contribution is -2.24. The Morgan fingerprint density at radius 2 is 2.00 bits per heavy atom. The predicted octanol–water partition coefficient (Wildman–Crippen LogP) is 1.33. The molecule has 0 aromatic heterocycles. The minimum atomic E-state index is -0.0996. The Bertz CT molecular complexity index is 152. The normalized spacial score (nSPS) is 29.7. The van der Waals surface area contributed by atoms with Crippen LogP contribution in [0, 0.1) is 12.3 Å². The quantitative estimate of drug-likeness (QED) is 0.509. The monoisotopic (exact) mass is 168 g/mol. The van der Waals surface area contributed by atoms with Gasteiger partial charge in [-0.3, -0.25) is 0 Å². The molecule has 0 saturated heterocycles. The van der Waals surface area contributed by atoms with E-state index in [4.69, 9.17) is 11.2 Å². The van der Waals surface area contributed by atoms with Crippen molar-refractivity contribution in [2.45, 2.75) is 44.3 Å². The Kier molecular flexibility index (Phi) is 4.13.